The molecule has 2 N–H and O–H groups in total. The largest absolute Gasteiger partial charge is 0.366 e. The minimum Gasteiger partial charge on any atom is -0.366 e. The van der Waals surface area contributed by atoms with Crippen LogP contribution in [-0.2, 0) is 13.0 Å². The molecule has 0 saturated carbocycles. The SMILES string of the molecule is CCCCNC(=O)Nc1ccc(N2CCc3ccccc3C2)c(C(=O)N2CCCCC2)c1. The summed E-state index contributed by atoms with van der Waals surface area (Å²) in [5.41, 5.74) is 4.98. The van der Waals surface area contributed by atoms with Crippen LogP contribution in [-0.4, -0.2) is 43.0 Å². The molecule has 4 rings (SSSR count). The third kappa shape index (κ3) is 5.23. The maximum absolute atomic E-state index is 13.5. The number of likely N-dealkylation sites (tertiary alicyclic amines) is 1. The monoisotopic (exact) mass is 434 g/mol. The number of unbranched alkanes of at least 4 members (excludes halogenated alkanes) is 1. The Hall–Kier alpha value is -3.02. The first-order valence-corrected chi connectivity index (χ1v) is 12.0. The predicted molar refractivity (Wildman–Crippen MR) is 129 cm³/mol. The van der Waals surface area contributed by atoms with Crippen LogP contribution in [0.1, 0.15) is 60.5 Å². The molecule has 1 saturated heterocycles. The molecule has 6 nitrogen and oxygen atoms in total. The van der Waals surface area contributed by atoms with Gasteiger partial charge in [-0.1, -0.05) is 37.6 Å². The third-order valence-electron chi connectivity index (χ3n) is 6.42. The van der Waals surface area contributed by atoms with E-state index in [4.69, 9.17) is 0 Å². The molecule has 0 bridgehead atoms. The summed E-state index contributed by atoms with van der Waals surface area (Å²) in [6.45, 7) is 6.01. The van der Waals surface area contributed by atoms with Gasteiger partial charge < -0.3 is 20.4 Å². The molecule has 0 aliphatic carbocycles. The van der Waals surface area contributed by atoms with Crippen molar-refractivity contribution in [2.75, 3.05) is 36.4 Å². The Kier molecular flexibility index (Phi) is 7.30. The first-order valence-electron chi connectivity index (χ1n) is 12.0. The van der Waals surface area contributed by atoms with E-state index < -0.39 is 0 Å². The number of hydrogen-bond acceptors (Lipinski definition) is 3. The molecule has 0 unspecified atom stereocenters. The Labute approximate surface area is 191 Å². The van der Waals surface area contributed by atoms with Gasteiger partial charge in [0.25, 0.3) is 5.91 Å². The molecule has 2 aliphatic heterocycles. The quantitative estimate of drug-likeness (QED) is 0.642. The molecule has 6 heteroatoms. The van der Waals surface area contributed by atoms with Gasteiger partial charge in [-0.3, -0.25) is 4.79 Å². The Balaban J connectivity index is 1.59. The highest BCUT2D eigenvalue weighted by molar-refractivity contribution is 6.02. The molecule has 0 spiro atoms. The van der Waals surface area contributed by atoms with Gasteiger partial charge in [0.1, 0.15) is 0 Å². The fourth-order valence-corrected chi connectivity index (χ4v) is 4.58. The van der Waals surface area contributed by atoms with Crippen LogP contribution in [0.5, 0.6) is 0 Å². The summed E-state index contributed by atoms with van der Waals surface area (Å²) in [6, 6.07) is 14.1. The molecule has 1 fully saturated rings. The van der Waals surface area contributed by atoms with Crippen molar-refractivity contribution in [1.29, 1.82) is 0 Å². The van der Waals surface area contributed by atoms with Crippen molar-refractivity contribution in [3.63, 3.8) is 0 Å². The Morgan fingerprint density at radius 3 is 2.53 bits per heavy atom. The average molecular weight is 435 g/mol. The summed E-state index contributed by atoms with van der Waals surface area (Å²) >= 11 is 0. The predicted octanol–water partition coefficient (Wildman–Crippen LogP) is 4.80. The van der Waals surface area contributed by atoms with Gasteiger partial charge >= 0.3 is 6.03 Å². The number of amides is 3. The summed E-state index contributed by atoms with van der Waals surface area (Å²) in [5.74, 6) is 0.0635. The van der Waals surface area contributed by atoms with Gasteiger partial charge in [-0.15, -0.1) is 0 Å². The zero-order valence-corrected chi connectivity index (χ0v) is 19.0. The van der Waals surface area contributed by atoms with Gasteiger partial charge in [0.15, 0.2) is 0 Å². The van der Waals surface area contributed by atoms with Gasteiger partial charge in [0.05, 0.1) is 5.56 Å². The zero-order chi connectivity index (χ0) is 22.3. The molecular weight excluding hydrogens is 400 g/mol. The highest BCUT2D eigenvalue weighted by Crippen LogP contribution is 2.31. The smallest absolute Gasteiger partial charge is 0.319 e. The van der Waals surface area contributed by atoms with E-state index in [2.05, 4.69) is 46.7 Å². The standard InChI is InChI=1S/C26H34N4O2/c1-2-3-14-27-26(32)28-22-11-12-24(23(18-22)25(31)29-15-7-4-8-16-29)30-17-13-20-9-5-6-10-21(20)19-30/h5-6,9-12,18H,2-4,7-8,13-17,19H2,1H3,(H2,27,28,32). The molecule has 0 aromatic heterocycles. The number of urea groups is 1. The van der Waals surface area contributed by atoms with E-state index in [1.54, 1.807) is 0 Å². The lowest BCUT2D eigenvalue weighted by molar-refractivity contribution is 0.0725. The summed E-state index contributed by atoms with van der Waals surface area (Å²) in [4.78, 5) is 30.1. The lowest BCUT2D eigenvalue weighted by Gasteiger charge is -2.34. The molecule has 2 aromatic rings. The van der Waals surface area contributed by atoms with Crippen molar-refractivity contribution in [1.82, 2.24) is 10.2 Å². The first kappa shape index (κ1) is 22.2. The minimum atomic E-state index is -0.227. The molecule has 170 valence electrons. The number of hydrogen-bond donors (Lipinski definition) is 2. The Morgan fingerprint density at radius 1 is 0.969 bits per heavy atom. The number of rotatable bonds is 6. The van der Waals surface area contributed by atoms with E-state index >= 15 is 0 Å². The number of carbonyl (C=O) groups excluding carboxylic acids is 2. The molecule has 0 radical (unpaired) electrons. The second-order valence-corrected chi connectivity index (χ2v) is 8.76. The van der Waals surface area contributed by atoms with Crippen LogP contribution in [0, 0.1) is 0 Å². The van der Waals surface area contributed by atoms with Crippen LogP contribution in [0.3, 0.4) is 0 Å². The van der Waals surface area contributed by atoms with E-state index in [1.165, 1.54) is 17.5 Å². The maximum Gasteiger partial charge on any atom is 0.319 e. The van der Waals surface area contributed by atoms with Crippen molar-refractivity contribution in [3.8, 4) is 0 Å². The van der Waals surface area contributed by atoms with Crippen LogP contribution in [0.4, 0.5) is 16.2 Å². The summed E-state index contributed by atoms with van der Waals surface area (Å²) < 4.78 is 0. The lowest BCUT2D eigenvalue weighted by atomic mass is 9.98. The number of fused-ring (bicyclic) bond motifs is 1. The van der Waals surface area contributed by atoms with Crippen LogP contribution < -0.4 is 15.5 Å². The molecule has 0 atom stereocenters. The van der Waals surface area contributed by atoms with Crippen molar-refractivity contribution in [3.05, 3.63) is 59.2 Å². The number of piperidine rings is 1. The van der Waals surface area contributed by atoms with Crippen molar-refractivity contribution in [2.24, 2.45) is 0 Å². The first-order chi connectivity index (χ1) is 15.7. The second kappa shape index (κ2) is 10.5. The number of nitrogens with one attached hydrogen (secondary N) is 2. The van der Waals surface area contributed by atoms with Crippen molar-refractivity contribution < 1.29 is 9.59 Å². The van der Waals surface area contributed by atoms with E-state index in [-0.39, 0.29) is 11.9 Å². The summed E-state index contributed by atoms with van der Waals surface area (Å²) in [6.07, 6.45) is 6.22. The lowest BCUT2D eigenvalue weighted by Crippen LogP contribution is -2.38. The average Bonchev–Trinajstić information content (AvgIpc) is 2.84. The second-order valence-electron chi connectivity index (χ2n) is 8.76. The minimum absolute atomic E-state index is 0.0635. The van der Waals surface area contributed by atoms with Gasteiger partial charge in [-0.25, -0.2) is 4.79 Å². The number of carbonyl (C=O) groups is 2. The number of anilines is 2. The summed E-state index contributed by atoms with van der Waals surface area (Å²) in [7, 11) is 0. The van der Waals surface area contributed by atoms with Gasteiger partial charge in [-0.05, 0) is 61.4 Å². The van der Waals surface area contributed by atoms with E-state index in [9.17, 15) is 9.59 Å². The van der Waals surface area contributed by atoms with Crippen LogP contribution in [0.2, 0.25) is 0 Å². The molecule has 2 aromatic carbocycles. The molecule has 2 heterocycles. The molecule has 32 heavy (non-hydrogen) atoms. The molecule has 3 amide bonds. The van der Waals surface area contributed by atoms with Crippen molar-refractivity contribution >= 4 is 23.3 Å². The highest BCUT2D eigenvalue weighted by atomic mass is 16.2. The van der Waals surface area contributed by atoms with Gasteiger partial charge in [0.2, 0.25) is 0 Å². The third-order valence-corrected chi connectivity index (χ3v) is 6.42. The fourth-order valence-electron chi connectivity index (χ4n) is 4.58. The fraction of sp³-hybridized carbons (Fsp3) is 0.462. The molecular formula is C26H34N4O2. The zero-order valence-electron chi connectivity index (χ0n) is 19.0. The topological polar surface area (TPSA) is 64.7 Å². The highest BCUT2D eigenvalue weighted by Gasteiger charge is 2.25. The van der Waals surface area contributed by atoms with Crippen molar-refractivity contribution in [2.45, 2.75) is 52.0 Å². The van der Waals surface area contributed by atoms with E-state index in [0.29, 0.717) is 17.8 Å². The van der Waals surface area contributed by atoms with Gasteiger partial charge in [0, 0.05) is 44.1 Å². The van der Waals surface area contributed by atoms with E-state index in [0.717, 1.165) is 64.0 Å². The summed E-state index contributed by atoms with van der Waals surface area (Å²) in [5, 5.41) is 5.78. The van der Waals surface area contributed by atoms with E-state index in [1.807, 2.05) is 23.1 Å². The maximum atomic E-state index is 13.5. The normalized spacial score (nSPS) is 15.8. The van der Waals surface area contributed by atoms with Crippen LogP contribution in [0.15, 0.2) is 42.5 Å². The Morgan fingerprint density at radius 2 is 1.75 bits per heavy atom. The molecule has 2 aliphatic rings. The number of benzene rings is 2. The van der Waals surface area contributed by atoms with Gasteiger partial charge in [-0.2, -0.15) is 0 Å². The van der Waals surface area contributed by atoms with Crippen LogP contribution in [0.25, 0.3) is 0 Å². The Bertz CT molecular complexity index is 953. The van der Waals surface area contributed by atoms with Crippen LogP contribution >= 0.6 is 0 Å². The number of nitrogens with zero attached hydrogens (tertiary/aromatic N) is 2.